The minimum absolute atomic E-state index is 0.0901. The fourth-order valence-corrected chi connectivity index (χ4v) is 3.80. The molecule has 3 rings (SSSR count). The monoisotopic (exact) mass is 306 g/mol. The minimum Gasteiger partial charge on any atom is -0.497 e. The van der Waals surface area contributed by atoms with Crippen LogP contribution >= 0.6 is 23.1 Å². The lowest BCUT2D eigenvalue weighted by molar-refractivity contribution is 0.0807. The van der Waals surface area contributed by atoms with Crippen LogP contribution in [0.2, 0.25) is 0 Å². The first-order valence-electron chi connectivity index (χ1n) is 6.25. The predicted molar refractivity (Wildman–Crippen MR) is 82.5 cm³/mol. The van der Waals surface area contributed by atoms with Crippen molar-refractivity contribution in [3.8, 4) is 16.3 Å². The Hall–Kier alpha value is -1.53. The van der Waals surface area contributed by atoms with E-state index in [0.29, 0.717) is 4.88 Å². The number of benzene rings is 1. The molecule has 20 heavy (non-hydrogen) atoms. The van der Waals surface area contributed by atoms with E-state index in [1.54, 1.807) is 25.1 Å². The van der Waals surface area contributed by atoms with Gasteiger partial charge in [-0.2, -0.15) is 0 Å². The summed E-state index contributed by atoms with van der Waals surface area (Å²) in [5, 5.41) is 0.864. The molecule has 1 fully saturated rings. The van der Waals surface area contributed by atoms with E-state index in [0.717, 1.165) is 34.5 Å². The summed E-state index contributed by atoms with van der Waals surface area (Å²) in [6.07, 6.45) is 1.68. The molecule has 0 atom stereocenters. The average Bonchev–Trinajstić information content (AvgIpc) is 3.18. The minimum atomic E-state index is 0.0901. The van der Waals surface area contributed by atoms with Crippen LogP contribution in [0.3, 0.4) is 0 Å². The largest absolute Gasteiger partial charge is 0.497 e. The molecule has 1 aliphatic rings. The first kappa shape index (κ1) is 13.5. The number of thiazole rings is 1. The fraction of sp³-hybridized carbons (Fsp3) is 0.286. The molecule has 2 heterocycles. The molecule has 0 spiro atoms. The number of nitrogens with zero attached hydrogens (tertiary/aromatic N) is 2. The summed E-state index contributed by atoms with van der Waals surface area (Å²) in [6, 6.07) is 7.71. The third-order valence-electron chi connectivity index (χ3n) is 3.09. The van der Waals surface area contributed by atoms with Gasteiger partial charge in [0.15, 0.2) is 0 Å². The predicted octanol–water partition coefficient (Wildman–Crippen LogP) is 2.97. The lowest BCUT2D eigenvalue weighted by atomic mass is 10.2. The number of methoxy groups -OCH3 is 1. The normalized spacial score (nSPS) is 14.6. The first-order valence-corrected chi connectivity index (χ1v) is 8.22. The van der Waals surface area contributed by atoms with Crippen LogP contribution in [0.15, 0.2) is 30.5 Å². The van der Waals surface area contributed by atoms with E-state index >= 15 is 0 Å². The molecule has 1 aliphatic heterocycles. The molecule has 0 unspecified atom stereocenters. The van der Waals surface area contributed by atoms with E-state index < -0.39 is 0 Å². The second-order valence-corrected chi connectivity index (χ2v) is 6.47. The molecule has 4 nitrogen and oxygen atoms in total. The van der Waals surface area contributed by atoms with Crippen molar-refractivity contribution in [1.29, 1.82) is 0 Å². The summed E-state index contributed by atoms with van der Waals surface area (Å²) in [6.45, 7) is 0.833. The van der Waals surface area contributed by atoms with Gasteiger partial charge in [0.05, 0.1) is 19.2 Å². The third kappa shape index (κ3) is 2.66. The smallest absolute Gasteiger partial charge is 0.266 e. The van der Waals surface area contributed by atoms with Gasteiger partial charge >= 0.3 is 0 Å². The Bertz CT molecular complexity index is 604. The molecule has 1 aromatic heterocycles. The van der Waals surface area contributed by atoms with E-state index in [4.69, 9.17) is 4.74 Å². The second kappa shape index (κ2) is 5.85. The van der Waals surface area contributed by atoms with Gasteiger partial charge in [-0.25, -0.2) is 4.98 Å². The van der Waals surface area contributed by atoms with Crippen molar-refractivity contribution in [3.05, 3.63) is 35.3 Å². The van der Waals surface area contributed by atoms with Gasteiger partial charge in [-0.05, 0) is 24.3 Å². The van der Waals surface area contributed by atoms with Gasteiger partial charge < -0.3 is 9.64 Å². The number of amides is 1. The molecule has 104 valence electrons. The van der Waals surface area contributed by atoms with Gasteiger partial charge in [0, 0.05) is 17.9 Å². The van der Waals surface area contributed by atoms with Crippen LogP contribution < -0.4 is 4.74 Å². The highest BCUT2D eigenvalue weighted by molar-refractivity contribution is 7.99. The van der Waals surface area contributed by atoms with Crippen molar-refractivity contribution in [2.75, 3.05) is 25.3 Å². The Kier molecular flexibility index (Phi) is 3.93. The zero-order valence-electron chi connectivity index (χ0n) is 11.0. The molecule has 6 heteroatoms. The molecular weight excluding hydrogens is 292 g/mol. The van der Waals surface area contributed by atoms with E-state index in [1.165, 1.54) is 11.3 Å². The summed E-state index contributed by atoms with van der Waals surface area (Å²) in [4.78, 5) is 19.2. The standard InChI is InChI=1S/C14H14N2O2S2/c1-18-11-4-2-10(3-5-11)13-15-8-12(20-13)14(17)16-6-7-19-9-16/h2-5,8H,6-7,9H2,1H3. The van der Waals surface area contributed by atoms with Crippen molar-refractivity contribution in [2.24, 2.45) is 0 Å². The summed E-state index contributed by atoms with van der Waals surface area (Å²) in [5.74, 6) is 2.72. The maximum atomic E-state index is 12.3. The molecular formula is C14H14N2O2S2. The van der Waals surface area contributed by atoms with Crippen LogP contribution in [-0.4, -0.2) is 41.1 Å². The number of hydrogen-bond acceptors (Lipinski definition) is 5. The van der Waals surface area contributed by atoms with Gasteiger partial charge in [0.2, 0.25) is 0 Å². The van der Waals surface area contributed by atoms with Crippen molar-refractivity contribution in [3.63, 3.8) is 0 Å². The zero-order chi connectivity index (χ0) is 13.9. The summed E-state index contributed by atoms with van der Waals surface area (Å²) >= 11 is 3.23. The number of carbonyl (C=O) groups is 1. The Balaban J connectivity index is 1.80. The van der Waals surface area contributed by atoms with E-state index in [9.17, 15) is 4.79 Å². The van der Waals surface area contributed by atoms with Crippen molar-refractivity contribution >= 4 is 29.0 Å². The highest BCUT2D eigenvalue weighted by Gasteiger charge is 2.22. The van der Waals surface area contributed by atoms with Crippen LogP contribution in [0.4, 0.5) is 0 Å². The fourth-order valence-electron chi connectivity index (χ4n) is 1.97. The number of ether oxygens (including phenoxy) is 1. The van der Waals surface area contributed by atoms with E-state index in [1.807, 2.05) is 29.2 Å². The maximum absolute atomic E-state index is 12.3. The Morgan fingerprint density at radius 2 is 2.15 bits per heavy atom. The van der Waals surface area contributed by atoms with Crippen molar-refractivity contribution in [1.82, 2.24) is 9.88 Å². The summed E-state index contributed by atoms with van der Waals surface area (Å²) < 4.78 is 5.14. The lowest BCUT2D eigenvalue weighted by Crippen LogP contribution is -2.26. The highest BCUT2D eigenvalue weighted by atomic mass is 32.2. The van der Waals surface area contributed by atoms with Gasteiger partial charge in [-0.1, -0.05) is 0 Å². The molecule has 0 aliphatic carbocycles. The Labute approximate surface area is 125 Å². The number of hydrogen-bond donors (Lipinski definition) is 0. The van der Waals surface area contributed by atoms with Crippen molar-refractivity contribution < 1.29 is 9.53 Å². The van der Waals surface area contributed by atoms with Crippen LogP contribution in [0.5, 0.6) is 5.75 Å². The van der Waals surface area contributed by atoms with E-state index in [2.05, 4.69) is 4.98 Å². The average molecular weight is 306 g/mol. The van der Waals surface area contributed by atoms with Gasteiger partial charge in [-0.15, -0.1) is 23.1 Å². The molecule has 1 aromatic carbocycles. The zero-order valence-corrected chi connectivity index (χ0v) is 12.7. The summed E-state index contributed by atoms with van der Waals surface area (Å²) in [5.41, 5.74) is 1.01. The van der Waals surface area contributed by atoms with Gasteiger partial charge in [-0.3, -0.25) is 4.79 Å². The summed E-state index contributed by atoms with van der Waals surface area (Å²) in [7, 11) is 1.64. The topological polar surface area (TPSA) is 42.4 Å². The molecule has 1 saturated heterocycles. The molecule has 0 bridgehead atoms. The van der Waals surface area contributed by atoms with Gasteiger partial charge in [0.25, 0.3) is 5.91 Å². The van der Waals surface area contributed by atoms with Crippen LogP contribution in [0.25, 0.3) is 10.6 Å². The molecule has 0 radical (unpaired) electrons. The molecule has 1 amide bonds. The Morgan fingerprint density at radius 1 is 1.35 bits per heavy atom. The molecule has 2 aromatic rings. The van der Waals surface area contributed by atoms with Gasteiger partial charge in [0.1, 0.15) is 15.6 Å². The Morgan fingerprint density at radius 3 is 2.80 bits per heavy atom. The van der Waals surface area contributed by atoms with E-state index in [-0.39, 0.29) is 5.91 Å². The quantitative estimate of drug-likeness (QED) is 0.874. The second-order valence-electron chi connectivity index (χ2n) is 4.36. The van der Waals surface area contributed by atoms with Crippen LogP contribution in [-0.2, 0) is 0 Å². The molecule has 0 N–H and O–H groups in total. The maximum Gasteiger partial charge on any atom is 0.266 e. The molecule has 0 saturated carbocycles. The number of carbonyl (C=O) groups excluding carboxylic acids is 1. The third-order valence-corrected chi connectivity index (χ3v) is 5.09. The first-order chi connectivity index (χ1) is 9.78. The number of thioether (sulfide) groups is 1. The lowest BCUT2D eigenvalue weighted by Gasteiger charge is -2.11. The highest BCUT2D eigenvalue weighted by Crippen LogP contribution is 2.28. The van der Waals surface area contributed by atoms with Crippen molar-refractivity contribution in [2.45, 2.75) is 0 Å². The number of aromatic nitrogens is 1. The van der Waals surface area contributed by atoms with Crippen LogP contribution in [0.1, 0.15) is 9.67 Å². The van der Waals surface area contributed by atoms with Crippen LogP contribution in [0, 0.1) is 0 Å². The SMILES string of the molecule is COc1ccc(-c2ncc(C(=O)N3CCSC3)s2)cc1. The number of rotatable bonds is 3.